The van der Waals surface area contributed by atoms with E-state index in [2.05, 4.69) is 4.90 Å². The summed E-state index contributed by atoms with van der Waals surface area (Å²) >= 11 is 0. The molecule has 0 saturated carbocycles. The Morgan fingerprint density at radius 2 is 1.94 bits per heavy atom. The summed E-state index contributed by atoms with van der Waals surface area (Å²) < 4.78 is 5.33. The van der Waals surface area contributed by atoms with Gasteiger partial charge < -0.3 is 4.74 Å². The lowest BCUT2D eigenvalue weighted by Gasteiger charge is -2.33. The van der Waals surface area contributed by atoms with Crippen molar-refractivity contribution in [2.75, 3.05) is 6.73 Å². The molecule has 0 aliphatic carbocycles. The summed E-state index contributed by atoms with van der Waals surface area (Å²) in [6.07, 6.45) is 8.25. The number of fused-ring (bicyclic) bond motifs is 2. The second-order valence-electron chi connectivity index (χ2n) is 4.86. The highest BCUT2D eigenvalue weighted by Gasteiger charge is 2.36. The molecule has 3 heteroatoms. The molecule has 0 aromatic heterocycles. The normalized spacial score (nSPS) is 30.5. The fourth-order valence-corrected chi connectivity index (χ4v) is 2.80. The predicted octanol–water partition coefficient (Wildman–Crippen LogP) is 2.47. The molecule has 0 aromatic carbocycles. The minimum atomic E-state index is -0.174. The van der Waals surface area contributed by atoms with Crippen molar-refractivity contribution in [1.29, 1.82) is 0 Å². The third kappa shape index (κ3) is 2.29. The second kappa shape index (κ2) is 5.00. The minimum Gasteiger partial charge on any atom is -0.446 e. The maximum Gasteiger partial charge on any atom is 0.334 e. The summed E-state index contributed by atoms with van der Waals surface area (Å²) in [5, 5.41) is 0. The first-order chi connectivity index (χ1) is 7.72. The van der Waals surface area contributed by atoms with Crippen LogP contribution in [0.3, 0.4) is 0 Å². The Balaban J connectivity index is 1.84. The van der Waals surface area contributed by atoms with Gasteiger partial charge in [-0.15, -0.1) is 0 Å². The number of carbonyl (C=O) groups excluding carboxylic acids is 1. The number of piperidine rings is 1. The highest BCUT2D eigenvalue weighted by atomic mass is 16.5. The number of hydrogen-bond donors (Lipinski definition) is 0. The maximum atomic E-state index is 11.5. The first-order valence-electron chi connectivity index (χ1n) is 6.28. The van der Waals surface area contributed by atoms with E-state index in [-0.39, 0.29) is 5.97 Å². The largest absolute Gasteiger partial charge is 0.446 e. The average Bonchev–Trinajstić information content (AvgIpc) is 2.53. The molecule has 0 aromatic rings. The van der Waals surface area contributed by atoms with Crippen LogP contribution in [-0.4, -0.2) is 29.7 Å². The van der Waals surface area contributed by atoms with Crippen LogP contribution >= 0.6 is 0 Å². The van der Waals surface area contributed by atoms with Crippen LogP contribution in [0.2, 0.25) is 0 Å². The van der Waals surface area contributed by atoms with Crippen LogP contribution in [0.4, 0.5) is 0 Å². The van der Waals surface area contributed by atoms with Crippen molar-refractivity contribution >= 4 is 5.97 Å². The van der Waals surface area contributed by atoms with Gasteiger partial charge in [0.25, 0.3) is 0 Å². The van der Waals surface area contributed by atoms with E-state index < -0.39 is 0 Å². The van der Waals surface area contributed by atoms with Crippen molar-refractivity contribution in [1.82, 2.24) is 4.90 Å². The first kappa shape index (κ1) is 11.6. The topological polar surface area (TPSA) is 29.5 Å². The van der Waals surface area contributed by atoms with E-state index in [1.807, 2.05) is 6.92 Å². The van der Waals surface area contributed by atoms with E-state index in [0.29, 0.717) is 24.4 Å². The van der Waals surface area contributed by atoms with Crippen LogP contribution in [0.15, 0.2) is 11.6 Å². The molecular formula is C13H21NO2. The molecule has 0 unspecified atom stereocenters. The Bertz CT molecular complexity index is 282. The Labute approximate surface area is 97.5 Å². The number of nitrogens with zero attached hydrogens (tertiary/aromatic N) is 1. The number of carbonyl (C=O) groups is 1. The van der Waals surface area contributed by atoms with Crippen molar-refractivity contribution < 1.29 is 9.53 Å². The van der Waals surface area contributed by atoms with Gasteiger partial charge in [0.1, 0.15) is 6.73 Å². The van der Waals surface area contributed by atoms with Crippen LogP contribution in [0.5, 0.6) is 0 Å². The highest BCUT2D eigenvalue weighted by Crippen LogP contribution is 2.35. The van der Waals surface area contributed by atoms with Crippen LogP contribution in [0, 0.1) is 0 Å². The van der Waals surface area contributed by atoms with Crippen LogP contribution in [-0.2, 0) is 9.53 Å². The first-order valence-corrected chi connectivity index (χ1v) is 6.28. The van der Waals surface area contributed by atoms with E-state index in [4.69, 9.17) is 4.74 Å². The predicted molar refractivity (Wildman–Crippen MR) is 62.9 cm³/mol. The van der Waals surface area contributed by atoms with Gasteiger partial charge in [0.05, 0.1) is 0 Å². The SMILES string of the molecule is C/C=C(/C)C(=O)OCN1[C@@H]2CCC[C@H]1CC2. The minimum absolute atomic E-state index is 0.174. The molecule has 3 nitrogen and oxygen atoms in total. The molecule has 0 amide bonds. The molecule has 90 valence electrons. The maximum absolute atomic E-state index is 11.5. The third-order valence-corrected chi connectivity index (χ3v) is 3.95. The van der Waals surface area contributed by atoms with E-state index in [1.54, 1.807) is 13.0 Å². The lowest BCUT2D eigenvalue weighted by atomic mass is 10.0. The zero-order chi connectivity index (χ0) is 11.5. The molecule has 2 aliphatic rings. The molecule has 0 spiro atoms. The van der Waals surface area contributed by atoms with Crippen molar-refractivity contribution in [3.63, 3.8) is 0 Å². The monoisotopic (exact) mass is 223 g/mol. The van der Waals surface area contributed by atoms with Gasteiger partial charge >= 0.3 is 5.97 Å². The smallest absolute Gasteiger partial charge is 0.334 e. The summed E-state index contributed by atoms with van der Waals surface area (Å²) in [5.74, 6) is -0.174. The van der Waals surface area contributed by atoms with Crippen LogP contribution in [0.1, 0.15) is 46.0 Å². The summed E-state index contributed by atoms with van der Waals surface area (Å²) in [6.45, 7) is 4.15. The summed E-state index contributed by atoms with van der Waals surface area (Å²) in [7, 11) is 0. The number of rotatable bonds is 3. The molecule has 2 fully saturated rings. The fraction of sp³-hybridized carbons (Fsp3) is 0.769. The van der Waals surface area contributed by atoms with Gasteiger partial charge in [-0.3, -0.25) is 4.90 Å². The Morgan fingerprint density at radius 3 is 2.50 bits per heavy atom. The van der Waals surface area contributed by atoms with Crippen molar-refractivity contribution in [3.8, 4) is 0 Å². The molecule has 2 rings (SSSR count). The van der Waals surface area contributed by atoms with E-state index in [0.717, 1.165) is 0 Å². The van der Waals surface area contributed by atoms with Crippen molar-refractivity contribution in [3.05, 3.63) is 11.6 Å². The molecule has 0 N–H and O–H groups in total. The lowest BCUT2D eigenvalue weighted by Crippen LogP contribution is -2.41. The zero-order valence-corrected chi connectivity index (χ0v) is 10.2. The van der Waals surface area contributed by atoms with Gasteiger partial charge in [0.15, 0.2) is 0 Å². The molecular weight excluding hydrogens is 202 g/mol. The average molecular weight is 223 g/mol. The zero-order valence-electron chi connectivity index (χ0n) is 10.2. The standard InChI is InChI=1S/C13H21NO2/c1-3-10(2)13(15)16-9-14-11-5-4-6-12(14)8-7-11/h3,11-12H,4-9H2,1-2H3/b10-3-/t11-,12+. The summed E-state index contributed by atoms with van der Waals surface area (Å²) in [6, 6.07) is 1.33. The van der Waals surface area contributed by atoms with Gasteiger partial charge in [0.2, 0.25) is 0 Å². The Kier molecular flexibility index (Phi) is 3.64. The number of hydrogen-bond acceptors (Lipinski definition) is 3. The van der Waals surface area contributed by atoms with E-state index in [9.17, 15) is 4.79 Å². The van der Waals surface area contributed by atoms with Gasteiger partial charge in [0, 0.05) is 17.7 Å². The fourth-order valence-electron chi connectivity index (χ4n) is 2.80. The number of allylic oxidation sites excluding steroid dienone is 1. The van der Waals surface area contributed by atoms with Gasteiger partial charge in [-0.25, -0.2) is 4.79 Å². The van der Waals surface area contributed by atoms with E-state index in [1.165, 1.54) is 32.1 Å². The van der Waals surface area contributed by atoms with Crippen molar-refractivity contribution in [2.24, 2.45) is 0 Å². The van der Waals surface area contributed by atoms with Crippen molar-refractivity contribution in [2.45, 2.75) is 58.0 Å². The van der Waals surface area contributed by atoms with Crippen LogP contribution < -0.4 is 0 Å². The third-order valence-electron chi connectivity index (χ3n) is 3.95. The lowest BCUT2D eigenvalue weighted by molar-refractivity contribution is -0.145. The summed E-state index contributed by atoms with van der Waals surface area (Å²) in [4.78, 5) is 13.9. The molecule has 2 atom stereocenters. The molecule has 0 radical (unpaired) electrons. The van der Waals surface area contributed by atoms with Crippen LogP contribution in [0.25, 0.3) is 0 Å². The second-order valence-corrected chi connectivity index (χ2v) is 4.86. The van der Waals surface area contributed by atoms with Gasteiger partial charge in [-0.1, -0.05) is 12.5 Å². The number of esters is 1. The van der Waals surface area contributed by atoms with E-state index >= 15 is 0 Å². The van der Waals surface area contributed by atoms with Gasteiger partial charge in [-0.05, 0) is 39.5 Å². The molecule has 16 heavy (non-hydrogen) atoms. The number of ether oxygens (including phenoxy) is 1. The Morgan fingerprint density at radius 1 is 1.31 bits per heavy atom. The molecule has 2 aliphatic heterocycles. The Hall–Kier alpha value is -0.830. The summed E-state index contributed by atoms with van der Waals surface area (Å²) in [5.41, 5.74) is 0.698. The molecule has 2 saturated heterocycles. The van der Waals surface area contributed by atoms with Gasteiger partial charge in [-0.2, -0.15) is 0 Å². The molecule has 2 heterocycles. The molecule has 2 bridgehead atoms. The highest BCUT2D eigenvalue weighted by molar-refractivity contribution is 5.87. The quantitative estimate of drug-likeness (QED) is 0.544.